The molecule has 0 bridgehead atoms. The van der Waals surface area contributed by atoms with Crippen molar-refractivity contribution < 1.29 is 9.91 Å². The van der Waals surface area contributed by atoms with Gasteiger partial charge >= 0.3 is 11.5 Å². The van der Waals surface area contributed by atoms with Gasteiger partial charge in [0.05, 0.1) is 17.7 Å². The third kappa shape index (κ3) is 2.14. The first-order valence-electron chi connectivity index (χ1n) is 6.22. The number of benzene rings is 1. The highest BCUT2D eigenvalue weighted by atomic mass is 16.6. The van der Waals surface area contributed by atoms with Gasteiger partial charge in [-0.2, -0.15) is 0 Å². The molecule has 1 aromatic carbocycles. The van der Waals surface area contributed by atoms with E-state index in [0.29, 0.717) is 12.4 Å². The van der Waals surface area contributed by atoms with Crippen molar-refractivity contribution in [3.63, 3.8) is 0 Å². The van der Waals surface area contributed by atoms with Crippen molar-refractivity contribution in [1.29, 1.82) is 0 Å². The van der Waals surface area contributed by atoms with Gasteiger partial charge in [-0.05, 0) is 17.2 Å². The van der Waals surface area contributed by atoms with Crippen molar-refractivity contribution in [2.24, 2.45) is 0 Å². The summed E-state index contributed by atoms with van der Waals surface area (Å²) in [5.74, 6) is 0.585. The second-order valence-corrected chi connectivity index (χ2v) is 4.60. The molecule has 1 N–H and O–H groups in total. The molecule has 0 fully saturated rings. The van der Waals surface area contributed by atoms with Crippen LogP contribution < -0.4 is 9.88 Å². The van der Waals surface area contributed by atoms with Crippen LogP contribution in [0.3, 0.4) is 0 Å². The molecule has 0 saturated heterocycles. The Labute approximate surface area is 110 Å². The minimum absolute atomic E-state index is 0.127. The van der Waals surface area contributed by atoms with Crippen LogP contribution in [-0.2, 0) is 13.0 Å². The van der Waals surface area contributed by atoms with Gasteiger partial charge in [0.15, 0.2) is 0 Å². The largest absolute Gasteiger partial charge is 0.357 e. The molecule has 2 aromatic rings. The van der Waals surface area contributed by atoms with Crippen LogP contribution >= 0.6 is 0 Å². The second-order valence-electron chi connectivity index (χ2n) is 4.60. The number of pyridine rings is 1. The molecule has 3 rings (SSSR count). The van der Waals surface area contributed by atoms with E-state index in [9.17, 15) is 10.1 Å². The van der Waals surface area contributed by atoms with Crippen molar-refractivity contribution in [3.05, 3.63) is 63.8 Å². The van der Waals surface area contributed by atoms with Crippen LogP contribution in [0.1, 0.15) is 11.1 Å². The molecule has 1 aliphatic heterocycles. The Hall–Kier alpha value is -2.43. The van der Waals surface area contributed by atoms with Gasteiger partial charge in [-0.1, -0.05) is 24.3 Å². The average molecular weight is 256 g/mol. The van der Waals surface area contributed by atoms with Gasteiger partial charge in [0.2, 0.25) is 0 Å². The summed E-state index contributed by atoms with van der Waals surface area (Å²) in [7, 11) is 0. The molecular formula is C14H14N3O2+. The maximum atomic E-state index is 11.1. The summed E-state index contributed by atoms with van der Waals surface area (Å²) in [6.07, 6.45) is 2.64. The van der Waals surface area contributed by atoms with Crippen LogP contribution in [0.15, 0.2) is 42.6 Å². The molecule has 0 amide bonds. The van der Waals surface area contributed by atoms with E-state index in [1.807, 2.05) is 17.0 Å². The fourth-order valence-electron chi connectivity index (χ4n) is 2.51. The topological polar surface area (TPSA) is 60.5 Å². The van der Waals surface area contributed by atoms with Gasteiger partial charge in [0.25, 0.3) is 0 Å². The first-order chi connectivity index (χ1) is 9.25. The molecule has 96 valence electrons. The Bertz CT molecular complexity index is 628. The van der Waals surface area contributed by atoms with E-state index in [4.69, 9.17) is 0 Å². The summed E-state index contributed by atoms with van der Waals surface area (Å²) < 4.78 is 0. The zero-order valence-corrected chi connectivity index (χ0v) is 10.4. The zero-order chi connectivity index (χ0) is 13.2. The first-order valence-corrected chi connectivity index (χ1v) is 6.22. The lowest BCUT2D eigenvalue weighted by atomic mass is 10.00. The maximum Gasteiger partial charge on any atom is 0.357 e. The number of fused-ring (bicyclic) bond motifs is 1. The van der Waals surface area contributed by atoms with E-state index in [0.717, 1.165) is 13.0 Å². The fraction of sp³-hybridized carbons (Fsp3) is 0.214. The van der Waals surface area contributed by atoms with Crippen molar-refractivity contribution in [2.75, 3.05) is 11.4 Å². The normalized spacial score (nSPS) is 14.0. The van der Waals surface area contributed by atoms with Crippen molar-refractivity contribution in [1.82, 2.24) is 0 Å². The number of hydrogen-bond acceptors (Lipinski definition) is 3. The van der Waals surface area contributed by atoms with Gasteiger partial charge in [0.1, 0.15) is 6.54 Å². The molecule has 1 aliphatic rings. The number of aromatic nitrogens is 1. The Morgan fingerprint density at radius 2 is 1.95 bits per heavy atom. The van der Waals surface area contributed by atoms with E-state index >= 15 is 0 Å². The van der Waals surface area contributed by atoms with Gasteiger partial charge in [-0.25, -0.2) is 4.98 Å². The van der Waals surface area contributed by atoms with Crippen molar-refractivity contribution in [3.8, 4) is 0 Å². The van der Waals surface area contributed by atoms with Crippen LogP contribution in [0.2, 0.25) is 0 Å². The first kappa shape index (κ1) is 11.6. The highest BCUT2D eigenvalue weighted by molar-refractivity contribution is 5.54. The van der Waals surface area contributed by atoms with Crippen LogP contribution in [0.5, 0.6) is 0 Å². The summed E-state index contributed by atoms with van der Waals surface area (Å²) in [6, 6.07) is 11.4. The number of nitro groups is 1. The Morgan fingerprint density at radius 3 is 2.74 bits per heavy atom. The van der Waals surface area contributed by atoms with Gasteiger partial charge < -0.3 is 0 Å². The lowest BCUT2D eigenvalue weighted by Gasteiger charge is -2.23. The summed E-state index contributed by atoms with van der Waals surface area (Å²) in [6.45, 7) is 1.50. The minimum Gasteiger partial charge on any atom is -0.258 e. The maximum absolute atomic E-state index is 11.1. The number of aromatic amines is 1. The summed E-state index contributed by atoms with van der Waals surface area (Å²) >= 11 is 0. The number of hydrogen-bond donors (Lipinski definition) is 0. The van der Waals surface area contributed by atoms with E-state index in [-0.39, 0.29) is 10.6 Å². The Morgan fingerprint density at radius 1 is 1.16 bits per heavy atom. The predicted octanol–water partition coefficient (Wildman–Crippen LogP) is 1.97. The molecule has 0 spiro atoms. The van der Waals surface area contributed by atoms with E-state index in [1.165, 1.54) is 17.2 Å². The minimum atomic E-state index is -0.341. The zero-order valence-electron chi connectivity index (χ0n) is 10.4. The molecule has 2 heterocycles. The third-order valence-corrected chi connectivity index (χ3v) is 3.46. The van der Waals surface area contributed by atoms with Crippen LogP contribution in [0, 0.1) is 10.1 Å². The summed E-state index contributed by atoms with van der Waals surface area (Å²) in [4.78, 5) is 15.8. The third-order valence-electron chi connectivity index (χ3n) is 3.46. The molecule has 1 aromatic heterocycles. The van der Waals surface area contributed by atoms with Crippen LogP contribution in [0.4, 0.5) is 11.5 Å². The number of nitrogens with one attached hydrogen (secondary N) is 1. The molecule has 0 radical (unpaired) electrons. The number of rotatable bonds is 2. The summed E-state index contributed by atoms with van der Waals surface area (Å²) in [5.41, 5.74) is 2.69. The molecule has 0 saturated carbocycles. The van der Waals surface area contributed by atoms with Crippen LogP contribution in [0.25, 0.3) is 0 Å². The van der Waals surface area contributed by atoms with Gasteiger partial charge in [-0.15, -0.1) is 0 Å². The van der Waals surface area contributed by atoms with Crippen LogP contribution in [-0.4, -0.2) is 11.5 Å². The second kappa shape index (κ2) is 4.68. The molecule has 5 nitrogen and oxygen atoms in total. The van der Waals surface area contributed by atoms with Gasteiger partial charge in [-0.3, -0.25) is 15.0 Å². The van der Waals surface area contributed by atoms with Crippen molar-refractivity contribution >= 4 is 11.5 Å². The lowest BCUT2D eigenvalue weighted by Crippen LogP contribution is -2.34. The van der Waals surface area contributed by atoms with E-state index in [1.54, 1.807) is 12.3 Å². The standard InChI is InChI=1S/C14H13N3O2/c18-17(19)13-6-3-8-15-14(13)16-9-7-11-4-1-2-5-12(11)10-16/h1-6,8H,7,9-10H2/p+1. The molecule has 0 atom stereocenters. The average Bonchev–Trinajstić information content (AvgIpc) is 2.46. The molecular weight excluding hydrogens is 242 g/mol. The predicted molar refractivity (Wildman–Crippen MR) is 70.8 cm³/mol. The highest BCUT2D eigenvalue weighted by Crippen LogP contribution is 2.27. The number of anilines is 1. The SMILES string of the molecule is O=[N+]([O-])c1ccc[nH+]c1N1CCc2ccccc2C1. The van der Waals surface area contributed by atoms with Crippen molar-refractivity contribution in [2.45, 2.75) is 13.0 Å². The highest BCUT2D eigenvalue weighted by Gasteiger charge is 2.30. The Kier molecular flexibility index (Phi) is 2.87. The fourth-order valence-corrected chi connectivity index (χ4v) is 2.51. The molecule has 19 heavy (non-hydrogen) atoms. The Balaban J connectivity index is 1.95. The number of H-pyrrole nitrogens is 1. The van der Waals surface area contributed by atoms with Gasteiger partial charge in [0, 0.05) is 12.5 Å². The summed E-state index contributed by atoms with van der Waals surface area (Å²) in [5, 5.41) is 11.1. The molecule has 5 heteroatoms. The lowest BCUT2D eigenvalue weighted by molar-refractivity contribution is -0.411. The smallest absolute Gasteiger partial charge is 0.258 e. The molecule has 0 unspecified atom stereocenters. The van der Waals surface area contributed by atoms with E-state index in [2.05, 4.69) is 17.1 Å². The molecule has 0 aliphatic carbocycles. The monoisotopic (exact) mass is 256 g/mol. The quantitative estimate of drug-likeness (QED) is 0.609. The number of nitrogens with zero attached hydrogens (tertiary/aromatic N) is 2. The van der Waals surface area contributed by atoms with E-state index < -0.39 is 0 Å².